The minimum atomic E-state index is -3.83. The largest absolute Gasteiger partial charge is 0.354 e. The quantitative estimate of drug-likeness (QED) is 0.429. The zero-order valence-corrected chi connectivity index (χ0v) is 21.4. The van der Waals surface area contributed by atoms with E-state index in [2.05, 4.69) is 50.4 Å². The third kappa shape index (κ3) is 5.15. The number of amides is 1. The molecule has 0 aliphatic carbocycles. The van der Waals surface area contributed by atoms with Gasteiger partial charge in [-0.15, -0.1) is 0 Å². The van der Waals surface area contributed by atoms with Crippen molar-refractivity contribution in [2.24, 2.45) is 0 Å². The molecule has 1 aliphatic heterocycles. The summed E-state index contributed by atoms with van der Waals surface area (Å²) in [6.07, 6.45) is 0. The van der Waals surface area contributed by atoms with Crippen molar-refractivity contribution in [3.8, 4) is 11.1 Å². The fraction of sp³-hybridized carbons (Fsp3) is 0.296. The lowest BCUT2D eigenvalue weighted by Gasteiger charge is -2.32. The average molecular weight is 495 g/mol. The molecule has 0 radical (unpaired) electrons. The number of aryl methyl sites for hydroxylation is 1. The van der Waals surface area contributed by atoms with Gasteiger partial charge < -0.3 is 5.32 Å². The number of nitrogens with one attached hydrogen (secondary N) is 1. The van der Waals surface area contributed by atoms with E-state index >= 15 is 0 Å². The predicted molar refractivity (Wildman–Crippen MR) is 141 cm³/mol. The van der Waals surface area contributed by atoms with Crippen LogP contribution in [0.1, 0.15) is 36.5 Å². The van der Waals surface area contributed by atoms with Crippen molar-refractivity contribution in [3.63, 3.8) is 0 Å². The number of carbonyl (C=O) groups excluding carboxylic acids is 1. The Labute approximate surface area is 206 Å². The standard InChI is InChI=1S/C27H30N2O3S2/c1-19(2)22-12-13-25-24(16-22)23-6-4-5-7-26(23)34(31,32)29(25)17-27(30)28-14-15-33-18-21-10-8-20(3)9-11-21/h4-13,16,19H,14-15,17-18H2,1-3H3,(H,28,30). The minimum absolute atomic E-state index is 0.241. The van der Waals surface area contributed by atoms with Gasteiger partial charge in [0.25, 0.3) is 10.0 Å². The number of thioether (sulfide) groups is 1. The molecular formula is C27H30N2O3S2. The Kier molecular flexibility index (Phi) is 7.33. The van der Waals surface area contributed by atoms with E-state index in [1.165, 1.54) is 15.4 Å². The molecule has 0 saturated carbocycles. The SMILES string of the molecule is Cc1ccc(CSCCNC(=O)CN2c3ccc(C(C)C)cc3-c3ccccc3S2(=O)=O)cc1. The molecule has 3 aromatic rings. The highest BCUT2D eigenvalue weighted by Gasteiger charge is 2.36. The van der Waals surface area contributed by atoms with Gasteiger partial charge >= 0.3 is 0 Å². The van der Waals surface area contributed by atoms with Gasteiger partial charge in [-0.1, -0.05) is 67.9 Å². The Morgan fingerprint density at radius 3 is 2.47 bits per heavy atom. The van der Waals surface area contributed by atoms with Gasteiger partial charge in [-0.3, -0.25) is 9.10 Å². The third-order valence-corrected chi connectivity index (χ3v) is 8.79. The van der Waals surface area contributed by atoms with E-state index in [-0.39, 0.29) is 17.3 Å². The topological polar surface area (TPSA) is 66.5 Å². The first-order chi connectivity index (χ1) is 16.3. The van der Waals surface area contributed by atoms with Gasteiger partial charge in [0.1, 0.15) is 6.54 Å². The molecule has 1 heterocycles. The smallest absolute Gasteiger partial charge is 0.265 e. The molecule has 0 bridgehead atoms. The zero-order valence-electron chi connectivity index (χ0n) is 19.7. The van der Waals surface area contributed by atoms with E-state index in [9.17, 15) is 13.2 Å². The molecule has 1 N–H and O–H groups in total. The van der Waals surface area contributed by atoms with Crippen molar-refractivity contribution < 1.29 is 13.2 Å². The van der Waals surface area contributed by atoms with Gasteiger partial charge in [0.2, 0.25) is 5.91 Å². The van der Waals surface area contributed by atoms with E-state index in [4.69, 9.17) is 0 Å². The van der Waals surface area contributed by atoms with Gasteiger partial charge in [-0.25, -0.2) is 8.42 Å². The Morgan fingerprint density at radius 1 is 1.00 bits per heavy atom. The van der Waals surface area contributed by atoms with Gasteiger partial charge in [-0.05, 0) is 42.2 Å². The van der Waals surface area contributed by atoms with Crippen LogP contribution in [0.15, 0.2) is 71.6 Å². The monoisotopic (exact) mass is 494 g/mol. The van der Waals surface area contributed by atoms with Crippen molar-refractivity contribution in [2.45, 2.75) is 37.3 Å². The lowest BCUT2D eigenvalue weighted by Crippen LogP contribution is -2.43. The molecule has 0 fully saturated rings. The summed E-state index contributed by atoms with van der Waals surface area (Å²) in [5.74, 6) is 1.63. The summed E-state index contributed by atoms with van der Waals surface area (Å²) in [6, 6.07) is 21.2. The summed E-state index contributed by atoms with van der Waals surface area (Å²) >= 11 is 1.74. The van der Waals surface area contributed by atoms with Gasteiger partial charge in [0, 0.05) is 29.2 Å². The molecule has 5 nitrogen and oxygen atoms in total. The van der Waals surface area contributed by atoms with E-state index in [0.29, 0.717) is 23.7 Å². The number of fused-ring (bicyclic) bond motifs is 3. The second kappa shape index (κ2) is 10.2. The van der Waals surface area contributed by atoms with Crippen LogP contribution in [0.3, 0.4) is 0 Å². The summed E-state index contributed by atoms with van der Waals surface area (Å²) in [5, 5.41) is 2.88. The molecule has 178 valence electrons. The number of carbonyl (C=O) groups is 1. The van der Waals surface area contributed by atoms with E-state index in [1.807, 2.05) is 30.3 Å². The summed E-state index contributed by atoms with van der Waals surface area (Å²) in [6.45, 7) is 6.52. The van der Waals surface area contributed by atoms with Crippen molar-refractivity contribution >= 4 is 33.4 Å². The maximum atomic E-state index is 13.4. The zero-order chi connectivity index (χ0) is 24.3. The van der Waals surface area contributed by atoms with Crippen LogP contribution in [0, 0.1) is 6.92 Å². The maximum absolute atomic E-state index is 13.4. The summed E-state index contributed by atoms with van der Waals surface area (Å²) < 4.78 is 28.1. The number of sulfonamides is 1. The van der Waals surface area contributed by atoms with Gasteiger partial charge in [0.05, 0.1) is 10.6 Å². The fourth-order valence-corrected chi connectivity index (χ4v) is 6.47. The highest BCUT2D eigenvalue weighted by Crippen LogP contribution is 2.43. The first-order valence-corrected chi connectivity index (χ1v) is 14.0. The summed E-state index contributed by atoms with van der Waals surface area (Å²) in [4.78, 5) is 13.0. The van der Waals surface area contributed by atoms with E-state index in [0.717, 1.165) is 22.6 Å². The third-order valence-electron chi connectivity index (χ3n) is 5.95. The molecule has 34 heavy (non-hydrogen) atoms. The van der Waals surface area contributed by atoms with Crippen LogP contribution in [0.5, 0.6) is 0 Å². The minimum Gasteiger partial charge on any atom is -0.354 e. The highest BCUT2D eigenvalue weighted by atomic mass is 32.2. The number of anilines is 1. The number of nitrogens with zero attached hydrogens (tertiary/aromatic N) is 1. The Bertz CT molecular complexity index is 1290. The van der Waals surface area contributed by atoms with Crippen molar-refractivity contribution in [2.75, 3.05) is 23.1 Å². The average Bonchev–Trinajstić information content (AvgIpc) is 2.82. The van der Waals surface area contributed by atoms with E-state index in [1.54, 1.807) is 23.9 Å². The second-order valence-corrected chi connectivity index (χ2v) is 11.8. The summed E-state index contributed by atoms with van der Waals surface area (Å²) in [5.41, 5.74) is 5.69. The Morgan fingerprint density at radius 2 is 1.74 bits per heavy atom. The molecule has 0 aromatic heterocycles. The van der Waals surface area contributed by atoms with Crippen LogP contribution in [0.2, 0.25) is 0 Å². The molecule has 0 saturated heterocycles. The molecule has 4 rings (SSSR count). The van der Waals surface area contributed by atoms with Crippen LogP contribution in [0.4, 0.5) is 5.69 Å². The highest BCUT2D eigenvalue weighted by molar-refractivity contribution is 7.98. The van der Waals surface area contributed by atoms with Crippen LogP contribution in [0.25, 0.3) is 11.1 Å². The first kappa shape index (κ1) is 24.4. The normalized spacial score (nSPS) is 13.9. The Hall–Kier alpha value is -2.77. The van der Waals surface area contributed by atoms with Crippen LogP contribution < -0.4 is 9.62 Å². The Balaban J connectivity index is 1.45. The van der Waals surface area contributed by atoms with Crippen LogP contribution in [-0.4, -0.2) is 33.2 Å². The molecule has 7 heteroatoms. The number of benzene rings is 3. The summed E-state index contributed by atoms with van der Waals surface area (Å²) in [7, 11) is -3.83. The fourth-order valence-electron chi connectivity index (χ4n) is 4.00. The molecule has 0 spiro atoms. The molecule has 0 atom stereocenters. The van der Waals surface area contributed by atoms with Gasteiger partial charge in [-0.2, -0.15) is 11.8 Å². The molecule has 1 amide bonds. The van der Waals surface area contributed by atoms with Crippen molar-refractivity contribution in [1.29, 1.82) is 0 Å². The number of rotatable bonds is 8. The lowest BCUT2D eigenvalue weighted by atomic mass is 9.95. The number of hydrogen-bond donors (Lipinski definition) is 1. The second-order valence-electron chi connectivity index (χ2n) is 8.83. The van der Waals surface area contributed by atoms with Crippen LogP contribution >= 0.6 is 11.8 Å². The van der Waals surface area contributed by atoms with Crippen molar-refractivity contribution in [1.82, 2.24) is 5.32 Å². The van der Waals surface area contributed by atoms with Gasteiger partial charge in [0.15, 0.2) is 0 Å². The molecular weight excluding hydrogens is 464 g/mol. The molecule has 0 unspecified atom stereocenters. The number of hydrogen-bond acceptors (Lipinski definition) is 4. The van der Waals surface area contributed by atoms with Crippen LogP contribution in [-0.2, 0) is 20.6 Å². The maximum Gasteiger partial charge on any atom is 0.265 e. The van der Waals surface area contributed by atoms with Crippen molar-refractivity contribution in [3.05, 3.63) is 83.4 Å². The molecule has 3 aromatic carbocycles. The first-order valence-electron chi connectivity index (χ1n) is 11.4. The van der Waals surface area contributed by atoms with E-state index < -0.39 is 10.0 Å². The lowest BCUT2D eigenvalue weighted by molar-refractivity contribution is -0.119. The predicted octanol–water partition coefficient (Wildman–Crippen LogP) is 5.34. The molecule has 1 aliphatic rings.